The zero-order valence-corrected chi connectivity index (χ0v) is 16.2. The van der Waals surface area contributed by atoms with E-state index in [-0.39, 0.29) is 5.91 Å². The van der Waals surface area contributed by atoms with E-state index in [1.807, 2.05) is 36.4 Å². The van der Waals surface area contributed by atoms with Crippen LogP contribution in [0.1, 0.15) is 34.7 Å². The number of likely N-dealkylation sites (tertiary alicyclic amines) is 1. The molecule has 1 aliphatic rings. The molecule has 0 unspecified atom stereocenters. The molecule has 0 radical (unpaired) electrons. The molecule has 1 fully saturated rings. The third-order valence-electron chi connectivity index (χ3n) is 5.32. The molecule has 3 aromatic heterocycles. The summed E-state index contributed by atoms with van der Waals surface area (Å²) in [5.74, 6) is 1.44. The quantitative estimate of drug-likeness (QED) is 0.700. The van der Waals surface area contributed by atoms with E-state index in [0.717, 1.165) is 55.3 Å². The number of carbonyl (C=O) groups excluding carboxylic acids is 1. The molecule has 4 rings (SSSR count). The standard InChI is InChI=1S/C21H24N6O/c1-15-10-24-19(13-23-15)21(28)26-8-5-17(6-9-26)14-27-16(2)11-25-20(27)18-4-3-7-22-12-18/h3-4,7,10-13,17H,5-6,8-9,14H2,1-2H3. The van der Waals surface area contributed by atoms with Gasteiger partial charge in [-0.3, -0.25) is 14.8 Å². The molecule has 0 saturated carbocycles. The number of hydrogen-bond donors (Lipinski definition) is 0. The summed E-state index contributed by atoms with van der Waals surface area (Å²) in [6.45, 7) is 6.35. The van der Waals surface area contributed by atoms with Gasteiger partial charge in [0, 0.05) is 55.7 Å². The maximum atomic E-state index is 12.6. The lowest BCUT2D eigenvalue weighted by Crippen LogP contribution is -2.39. The van der Waals surface area contributed by atoms with Gasteiger partial charge in [-0.05, 0) is 44.7 Å². The Bertz CT molecular complexity index is 943. The third kappa shape index (κ3) is 3.78. The van der Waals surface area contributed by atoms with Crippen molar-refractivity contribution >= 4 is 5.91 Å². The Kier molecular flexibility index (Phi) is 5.14. The Morgan fingerprint density at radius 3 is 2.57 bits per heavy atom. The number of rotatable bonds is 4. The summed E-state index contributed by atoms with van der Waals surface area (Å²) in [6, 6.07) is 3.97. The topological polar surface area (TPSA) is 76.8 Å². The zero-order valence-electron chi connectivity index (χ0n) is 16.2. The maximum Gasteiger partial charge on any atom is 0.274 e. The predicted molar refractivity (Wildman–Crippen MR) is 106 cm³/mol. The van der Waals surface area contributed by atoms with Crippen LogP contribution in [0.4, 0.5) is 0 Å². The average Bonchev–Trinajstić information content (AvgIpc) is 3.09. The average molecular weight is 376 g/mol. The molecular formula is C21H24N6O. The lowest BCUT2D eigenvalue weighted by molar-refractivity contribution is 0.0676. The molecule has 28 heavy (non-hydrogen) atoms. The zero-order chi connectivity index (χ0) is 19.5. The van der Waals surface area contributed by atoms with E-state index in [4.69, 9.17) is 0 Å². The smallest absolute Gasteiger partial charge is 0.274 e. The van der Waals surface area contributed by atoms with Gasteiger partial charge in [-0.2, -0.15) is 0 Å². The van der Waals surface area contributed by atoms with Crippen LogP contribution in [0.5, 0.6) is 0 Å². The minimum absolute atomic E-state index is 0.0270. The van der Waals surface area contributed by atoms with Gasteiger partial charge >= 0.3 is 0 Å². The molecule has 0 aliphatic carbocycles. The first kappa shape index (κ1) is 18.3. The van der Waals surface area contributed by atoms with E-state index in [1.165, 1.54) is 0 Å². The van der Waals surface area contributed by atoms with E-state index in [9.17, 15) is 4.79 Å². The second-order valence-electron chi connectivity index (χ2n) is 7.35. The molecule has 1 aliphatic heterocycles. The lowest BCUT2D eigenvalue weighted by Gasteiger charge is -2.32. The van der Waals surface area contributed by atoms with Gasteiger partial charge in [0.15, 0.2) is 0 Å². The van der Waals surface area contributed by atoms with Gasteiger partial charge in [0.05, 0.1) is 11.9 Å². The van der Waals surface area contributed by atoms with Crippen LogP contribution in [-0.2, 0) is 6.54 Å². The fourth-order valence-electron chi connectivity index (χ4n) is 3.66. The van der Waals surface area contributed by atoms with Crippen LogP contribution in [0.3, 0.4) is 0 Å². The molecule has 0 atom stereocenters. The summed E-state index contributed by atoms with van der Waals surface area (Å²) < 4.78 is 2.27. The first-order valence-electron chi connectivity index (χ1n) is 9.62. The number of pyridine rings is 1. The van der Waals surface area contributed by atoms with Crippen LogP contribution >= 0.6 is 0 Å². The molecule has 0 N–H and O–H groups in total. The van der Waals surface area contributed by atoms with Crippen LogP contribution in [0.25, 0.3) is 11.4 Å². The van der Waals surface area contributed by atoms with E-state index >= 15 is 0 Å². The molecule has 0 bridgehead atoms. The summed E-state index contributed by atoms with van der Waals surface area (Å²) in [5.41, 5.74) is 3.41. The summed E-state index contributed by atoms with van der Waals surface area (Å²) >= 11 is 0. The number of aromatic nitrogens is 5. The first-order valence-corrected chi connectivity index (χ1v) is 9.62. The number of carbonyl (C=O) groups is 1. The molecule has 4 heterocycles. The molecule has 0 aromatic carbocycles. The van der Waals surface area contributed by atoms with Crippen molar-refractivity contribution in [1.82, 2.24) is 29.4 Å². The van der Waals surface area contributed by atoms with Crippen LogP contribution in [0, 0.1) is 19.8 Å². The van der Waals surface area contributed by atoms with Crippen molar-refractivity contribution < 1.29 is 4.79 Å². The number of aryl methyl sites for hydroxylation is 2. The van der Waals surface area contributed by atoms with Gasteiger partial charge in [0.1, 0.15) is 11.5 Å². The van der Waals surface area contributed by atoms with Crippen LogP contribution in [0.15, 0.2) is 43.1 Å². The van der Waals surface area contributed by atoms with Crippen LogP contribution < -0.4 is 0 Å². The molecule has 7 heteroatoms. The summed E-state index contributed by atoms with van der Waals surface area (Å²) in [7, 11) is 0. The highest BCUT2D eigenvalue weighted by Gasteiger charge is 2.25. The predicted octanol–water partition coefficient (Wildman–Crippen LogP) is 2.90. The van der Waals surface area contributed by atoms with Crippen molar-refractivity contribution in [2.45, 2.75) is 33.2 Å². The highest BCUT2D eigenvalue weighted by Crippen LogP contribution is 2.25. The van der Waals surface area contributed by atoms with Crippen LogP contribution in [0.2, 0.25) is 0 Å². The lowest BCUT2D eigenvalue weighted by atomic mass is 9.96. The third-order valence-corrected chi connectivity index (χ3v) is 5.32. The molecular weight excluding hydrogens is 352 g/mol. The second-order valence-corrected chi connectivity index (χ2v) is 7.35. The largest absolute Gasteiger partial charge is 0.337 e. The van der Waals surface area contributed by atoms with Gasteiger partial charge in [-0.1, -0.05) is 0 Å². The van der Waals surface area contributed by atoms with Crippen molar-refractivity contribution in [2.24, 2.45) is 5.92 Å². The SMILES string of the molecule is Cc1cnc(C(=O)N2CCC(Cn3c(C)cnc3-c3cccnc3)CC2)cn1. The summed E-state index contributed by atoms with van der Waals surface area (Å²) in [6.07, 6.45) is 10.7. The number of amides is 1. The minimum Gasteiger partial charge on any atom is -0.337 e. The van der Waals surface area contributed by atoms with Crippen molar-refractivity contribution in [2.75, 3.05) is 13.1 Å². The van der Waals surface area contributed by atoms with Crippen molar-refractivity contribution in [3.63, 3.8) is 0 Å². The fourth-order valence-corrected chi connectivity index (χ4v) is 3.66. The van der Waals surface area contributed by atoms with Crippen molar-refractivity contribution in [3.05, 3.63) is 60.2 Å². The monoisotopic (exact) mass is 376 g/mol. The maximum absolute atomic E-state index is 12.6. The Morgan fingerprint density at radius 2 is 1.89 bits per heavy atom. The molecule has 1 amide bonds. The molecule has 3 aromatic rings. The molecule has 7 nitrogen and oxygen atoms in total. The van der Waals surface area contributed by atoms with E-state index in [1.54, 1.807) is 18.6 Å². The van der Waals surface area contributed by atoms with E-state index < -0.39 is 0 Å². The van der Waals surface area contributed by atoms with Crippen molar-refractivity contribution in [3.8, 4) is 11.4 Å². The molecule has 1 saturated heterocycles. The number of nitrogens with zero attached hydrogens (tertiary/aromatic N) is 6. The fraction of sp³-hybridized carbons (Fsp3) is 0.381. The summed E-state index contributed by atoms with van der Waals surface area (Å²) in [4.78, 5) is 31.7. The highest BCUT2D eigenvalue weighted by molar-refractivity contribution is 5.92. The van der Waals surface area contributed by atoms with Gasteiger partial charge in [0.25, 0.3) is 5.91 Å². The minimum atomic E-state index is -0.0270. The Morgan fingerprint density at radius 1 is 1.07 bits per heavy atom. The summed E-state index contributed by atoms with van der Waals surface area (Å²) in [5, 5.41) is 0. The Labute approximate surface area is 164 Å². The van der Waals surface area contributed by atoms with E-state index in [0.29, 0.717) is 11.6 Å². The number of imidazole rings is 1. The van der Waals surface area contributed by atoms with Gasteiger partial charge < -0.3 is 9.47 Å². The number of piperidine rings is 1. The second kappa shape index (κ2) is 7.88. The number of hydrogen-bond acceptors (Lipinski definition) is 5. The van der Waals surface area contributed by atoms with E-state index in [2.05, 4.69) is 31.4 Å². The van der Waals surface area contributed by atoms with Gasteiger partial charge in [0.2, 0.25) is 0 Å². The Balaban J connectivity index is 1.41. The normalized spacial score (nSPS) is 15.0. The highest BCUT2D eigenvalue weighted by atomic mass is 16.2. The molecule has 0 spiro atoms. The van der Waals surface area contributed by atoms with Gasteiger partial charge in [-0.15, -0.1) is 0 Å². The van der Waals surface area contributed by atoms with Crippen molar-refractivity contribution in [1.29, 1.82) is 0 Å². The Hall–Kier alpha value is -3.09. The van der Waals surface area contributed by atoms with Gasteiger partial charge in [-0.25, -0.2) is 9.97 Å². The molecule has 144 valence electrons. The van der Waals surface area contributed by atoms with Crippen LogP contribution in [-0.4, -0.2) is 48.4 Å². The first-order chi connectivity index (χ1) is 13.6.